The molecule has 0 unspecified atom stereocenters. The highest BCUT2D eigenvalue weighted by molar-refractivity contribution is 5.68. The molecular formula is C16H13FN2O2. The smallest absolute Gasteiger partial charge is 0.135 e. The van der Waals surface area contributed by atoms with Crippen molar-refractivity contribution in [2.45, 2.75) is 0 Å². The van der Waals surface area contributed by atoms with Gasteiger partial charge in [0.25, 0.3) is 0 Å². The molecule has 0 saturated heterocycles. The molecule has 0 saturated carbocycles. The number of hydrogen-bond acceptors (Lipinski definition) is 4. The van der Waals surface area contributed by atoms with E-state index in [1.54, 1.807) is 6.20 Å². The number of rotatable bonds is 5. The minimum Gasteiger partial charge on any atom is -0.491 e. The molecule has 3 rings (SSSR count). The van der Waals surface area contributed by atoms with Crippen LogP contribution in [0.25, 0.3) is 22.4 Å². The lowest BCUT2D eigenvalue weighted by atomic mass is 10.0. The van der Waals surface area contributed by atoms with Crippen LogP contribution in [0.3, 0.4) is 0 Å². The molecular weight excluding hydrogens is 271 g/mol. The lowest BCUT2D eigenvalue weighted by molar-refractivity contribution is 0.273. The molecule has 0 radical (unpaired) electrons. The molecule has 4 nitrogen and oxygen atoms in total. The lowest BCUT2D eigenvalue weighted by Gasteiger charge is -2.06. The highest BCUT2D eigenvalue weighted by Gasteiger charge is 2.03. The summed E-state index contributed by atoms with van der Waals surface area (Å²) in [5, 5.41) is 7.38. The second-order valence-electron chi connectivity index (χ2n) is 4.43. The van der Waals surface area contributed by atoms with Gasteiger partial charge in [-0.3, -0.25) is 0 Å². The highest BCUT2D eigenvalue weighted by Crippen LogP contribution is 2.25. The van der Waals surface area contributed by atoms with Crippen molar-refractivity contribution in [3.63, 3.8) is 0 Å². The number of alkyl halides is 1. The van der Waals surface area contributed by atoms with Crippen molar-refractivity contribution in [1.82, 2.24) is 10.3 Å². The maximum absolute atomic E-state index is 12.0. The lowest BCUT2D eigenvalue weighted by Crippen LogP contribution is -1.98. The maximum atomic E-state index is 12.0. The zero-order valence-electron chi connectivity index (χ0n) is 11.2. The number of aromatic nitrogens is 2. The molecule has 3 aromatic rings. The first-order valence-electron chi connectivity index (χ1n) is 6.54. The number of nitrogens with zero attached hydrogens (tertiary/aromatic N) is 2. The summed E-state index contributed by atoms with van der Waals surface area (Å²) in [6.45, 7) is -0.403. The summed E-state index contributed by atoms with van der Waals surface area (Å²) in [5.41, 5.74) is 3.79. The SMILES string of the molecule is FCCOc1ccc(-c2ccc(-c3cnon3)cc2)cc1. The van der Waals surface area contributed by atoms with E-state index in [1.165, 1.54) is 0 Å². The predicted octanol–water partition coefficient (Wildman–Crippen LogP) is 3.75. The second-order valence-corrected chi connectivity index (χ2v) is 4.43. The topological polar surface area (TPSA) is 48.2 Å². The van der Waals surface area contributed by atoms with Crippen LogP contribution < -0.4 is 4.74 Å². The average Bonchev–Trinajstić information content (AvgIpc) is 3.08. The number of ether oxygens (including phenoxy) is 1. The summed E-state index contributed by atoms with van der Waals surface area (Å²) < 4.78 is 21.8. The largest absolute Gasteiger partial charge is 0.491 e. The monoisotopic (exact) mass is 284 g/mol. The van der Waals surface area contributed by atoms with E-state index in [0.717, 1.165) is 16.7 Å². The fourth-order valence-electron chi connectivity index (χ4n) is 2.03. The zero-order chi connectivity index (χ0) is 14.5. The quantitative estimate of drug-likeness (QED) is 0.716. The van der Waals surface area contributed by atoms with Crippen LogP contribution >= 0.6 is 0 Å². The first kappa shape index (κ1) is 13.3. The molecule has 0 N–H and O–H groups in total. The van der Waals surface area contributed by atoms with Gasteiger partial charge < -0.3 is 4.74 Å². The average molecular weight is 284 g/mol. The summed E-state index contributed by atoms with van der Waals surface area (Å²) >= 11 is 0. The molecule has 5 heteroatoms. The van der Waals surface area contributed by atoms with E-state index in [2.05, 4.69) is 14.9 Å². The van der Waals surface area contributed by atoms with Gasteiger partial charge in [0.05, 0.1) is 6.20 Å². The third-order valence-electron chi connectivity index (χ3n) is 3.08. The molecule has 0 aliphatic carbocycles. The fraction of sp³-hybridized carbons (Fsp3) is 0.125. The molecule has 0 bridgehead atoms. The van der Waals surface area contributed by atoms with Crippen molar-refractivity contribution >= 4 is 0 Å². The van der Waals surface area contributed by atoms with Crippen molar-refractivity contribution in [3.8, 4) is 28.1 Å². The normalized spacial score (nSPS) is 10.5. The Hall–Kier alpha value is -2.69. The molecule has 0 aliphatic rings. The Morgan fingerprint density at radius 2 is 1.52 bits per heavy atom. The molecule has 2 aromatic carbocycles. The Morgan fingerprint density at radius 1 is 0.905 bits per heavy atom. The van der Waals surface area contributed by atoms with Crippen LogP contribution in [0.2, 0.25) is 0 Å². The van der Waals surface area contributed by atoms with Crippen molar-refractivity contribution < 1.29 is 13.8 Å². The summed E-state index contributed by atoms with van der Waals surface area (Å²) in [6, 6.07) is 15.5. The van der Waals surface area contributed by atoms with E-state index < -0.39 is 6.67 Å². The van der Waals surface area contributed by atoms with E-state index in [0.29, 0.717) is 11.4 Å². The van der Waals surface area contributed by atoms with Gasteiger partial charge in [-0.25, -0.2) is 9.02 Å². The van der Waals surface area contributed by atoms with Gasteiger partial charge in [-0.1, -0.05) is 41.6 Å². The number of halogens is 1. The first-order chi connectivity index (χ1) is 10.4. The molecule has 0 amide bonds. The summed E-state index contributed by atoms with van der Waals surface area (Å²) in [7, 11) is 0. The van der Waals surface area contributed by atoms with Crippen LogP contribution in [0.1, 0.15) is 0 Å². The van der Waals surface area contributed by atoms with Gasteiger partial charge in [-0.2, -0.15) is 0 Å². The molecule has 0 spiro atoms. The van der Waals surface area contributed by atoms with Crippen LogP contribution in [0, 0.1) is 0 Å². The molecule has 21 heavy (non-hydrogen) atoms. The van der Waals surface area contributed by atoms with Crippen LogP contribution in [-0.2, 0) is 0 Å². The molecule has 1 heterocycles. The van der Waals surface area contributed by atoms with Gasteiger partial charge in [-0.05, 0) is 28.4 Å². The van der Waals surface area contributed by atoms with E-state index in [9.17, 15) is 4.39 Å². The minimum atomic E-state index is -0.486. The molecule has 0 fully saturated rings. The number of benzene rings is 2. The van der Waals surface area contributed by atoms with Gasteiger partial charge in [-0.15, -0.1) is 0 Å². The molecule has 106 valence electrons. The van der Waals surface area contributed by atoms with E-state index in [4.69, 9.17) is 4.74 Å². The highest BCUT2D eigenvalue weighted by atomic mass is 19.1. The molecule has 1 aromatic heterocycles. The standard InChI is InChI=1S/C16H13FN2O2/c17-9-10-20-15-7-5-13(6-8-15)12-1-3-14(4-2-12)16-11-18-21-19-16/h1-8,11H,9-10H2. The predicted molar refractivity (Wildman–Crippen MR) is 76.6 cm³/mol. The van der Waals surface area contributed by atoms with Crippen molar-refractivity contribution in [2.75, 3.05) is 13.3 Å². The van der Waals surface area contributed by atoms with E-state index >= 15 is 0 Å². The van der Waals surface area contributed by atoms with Crippen LogP contribution in [0.15, 0.2) is 59.4 Å². The van der Waals surface area contributed by atoms with Gasteiger partial charge in [0.1, 0.15) is 24.7 Å². The van der Waals surface area contributed by atoms with Crippen molar-refractivity contribution in [1.29, 1.82) is 0 Å². The Morgan fingerprint density at radius 3 is 2.10 bits per heavy atom. The Balaban J connectivity index is 1.77. The second kappa shape index (κ2) is 6.17. The van der Waals surface area contributed by atoms with E-state index in [-0.39, 0.29) is 6.61 Å². The van der Waals surface area contributed by atoms with E-state index in [1.807, 2.05) is 48.5 Å². The molecule has 0 aliphatic heterocycles. The Kier molecular flexibility index (Phi) is 3.91. The summed E-state index contributed by atoms with van der Waals surface area (Å²) in [6.07, 6.45) is 1.58. The van der Waals surface area contributed by atoms with Gasteiger partial charge in [0.2, 0.25) is 0 Å². The van der Waals surface area contributed by atoms with Gasteiger partial charge in [0, 0.05) is 5.56 Å². The van der Waals surface area contributed by atoms with Gasteiger partial charge >= 0.3 is 0 Å². The third-order valence-corrected chi connectivity index (χ3v) is 3.08. The molecule has 0 atom stereocenters. The number of hydrogen-bond donors (Lipinski definition) is 0. The summed E-state index contributed by atoms with van der Waals surface area (Å²) in [4.78, 5) is 0. The first-order valence-corrected chi connectivity index (χ1v) is 6.54. The Labute approximate surface area is 121 Å². The van der Waals surface area contributed by atoms with Crippen LogP contribution in [-0.4, -0.2) is 23.6 Å². The van der Waals surface area contributed by atoms with Crippen LogP contribution in [0.5, 0.6) is 5.75 Å². The minimum absolute atomic E-state index is 0.0831. The summed E-state index contributed by atoms with van der Waals surface area (Å²) in [5.74, 6) is 0.668. The van der Waals surface area contributed by atoms with Crippen molar-refractivity contribution in [3.05, 3.63) is 54.7 Å². The third kappa shape index (κ3) is 3.08. The Bertz CT molecular complexity index is 679. The van der Waals surface area contributed by atoms with Crippen LogP contribution in [0.4, 0.5) is 4.39 Å². The maximum Gasteiger partial charge on any atom is 0.135 e. The fourth-order valence-corrected chi connectivity index (χ4v) is 2.03. The zero-order valence-corrected chi connectivity index (χ0v) is 11.2. The van der Waals surface area contributed by atoms with Crippen molar-refractivity contribution in [2.24, 2.45) is 0 Å². The van der Waals surface area contributed by atoms with Gasteiger partial charge in [0.15, 0.2) is 0 Å².